The van der Waals surface area contributed by atoms with Crippen molar-refractivity contribution in [1.29, 1.82) is 0 Å². The van der Waals surface area contributed by atoms with Crippen LogP contribution < -0.4 is 19.8 Å². The molecule has 0 aliphatic carbocycles. The molecule has 0 spiro atoms. The Morgan fingerprint density at radius 1 is 1.09 bits per heavy atom. The molecule has 0 bridgehead atoms. The summed E-state index contributed by atoms with van der Waals surface area (Å²) in [5.74, 6) is 0.790. The number of methoxy groups -OCH3 is 2. The van der Waals surface area contributed by atoms with E-state index in [0.29, 0.717) is 36.0 Å². The Kier molecular flexibility index (Phi) is 7.11. The van der Waals surface area contributed by atoms with E-state index < -0.39 is 5.91 Å². The zero-order valence-corrected chi connectivity index (χ0v) is 18.5. The number of ether oxygens (including phenoxy) is 3. The minimum absolute atomic E-state index is 0.171. The lowest BCUT2D eigenvalue weighted by molar-refractivity contribution is 0.0950. The number of carbonyl (C=O) groups is 1. The van der Waals surface area contributed by atoms with Crippen LogP contribution >= 0.6 is 0 Å². The van der Waals surface area contributed by atoms with Crippen LogP contribution in [0.15, 0.2) is 60.0 Å². The fraction of sp³-hybridized carbons (Fsp3) is 0.250. The van der Waals surface area contributed by atoms with Crippen LogP contribution in [-0.4, -0.2) is 62.6 Å². The molecule has 4 rings (SSSR count). The quantitative estimate of drug-likeness (QED) is 0.439. The van der Waals surface area contributed by atoms with Crippen molar-refractivity contribution >= 4 is 17.8 Å². The van der Waals surface area contributed by atoms with E-state index >= 15 is 0 Å². The number of nitrogens with zero attached hydrogens (tertiary/aromatic N) is 4. The van der Waals surface area contributed by atoms with Crippen LogP contribution in [0.1, 0.15) is 16.1 Å². The highest BCUT2D eigenvalue weighted by atomic mass is 16.5. The Labute approximate surface area is 192 Å². The first-order valence-electron chi connectivity index (χ1n) is 10.5. The Balaban J connectivity index is 1.51. The van der Waals surface area contributed by atoms with Gasteiger partial charge >= 0.3 is 0 Å². The first-order valence-corrected chi connectivity index (χ1v) is 10.5. The third kappa shape index (κ3) is 5.45. The molecule has 9 heteroatoms. The molecular formula is C24H25N5O4. The molecule has 2 heterocycles. The van der Waals surface area contributed by atoms with Gasteiger partial charge in [0, 0.05) is 36.0 Å². The smallest absolute Gasteiger partial charge is 0.291 e. The number of anilines is 1. The van der Waals surface area contributed by atoms with Crippen molar-refractivity contribution in [3.05, 3.63) is 66.1 Å². The number of hydrogen-bond donors (Lipinski definition) is 1. The molecule has 1 amide bonds. The maximum absolute atomic E-state index is 12.6. The molecule has 1 aliphatic rings. The second-order valence-electron chi connectivity index (χ2n) is 7.25. The second kappa shape index (κ2) is 10.6. The molecule has 3 aromatic rings. The van der Waals surface area contributed by atoms with E-state index in [1.54, 1.807) is 38.6 Å². The number of hydrogen-bond acceptors (Lipinski definition) is 8. The highest BCUT2D eigenvalue weighted by molar-refractivity contribution is 5.93. The molecule has 1 aromatic heterocycles. The molecule has 0 unspecified atom stereocenters. The predicted molar refractivity (Wildman–Crippen MR) is 125 cm³/mol. The van der Waals surface area contributed by atoms with E-state index in [-0.39, 0.29) is 5.69 Å². The third-order valence-corrected chi connectivity index (χ3v) is 5.15. The lowest BCUT2D eigenvalue weighted by Crippen LogP contribution is -2.36. The minimum atomic E-state index is -0.459. The monoisotopic (exact) mass is 447 g/mol. The van der Waals surface area contributed by atoms with Crippen molar-refractivity contribution in [3.63, 3.8) is 0 Å². The molecule has 9 nitrogen and oxygen atoms in total. The van der Waals surface area contributed by atoms with Crippen LogP contribution in [0, 0.1) is 0 Å². The summed E-state index contributed by atoms with van der Waals surface area (Å²) in [5, 5.41) is 4.04. The number of aromatic nitrogens is 2. The van der Waals surface area contributed by atoms with Gasteiger partial charge in [-0.15, -0.1) is 0 Å². The Hall–Kier alpha value is -3.98. The maximum Gasteiger partial charge on any atom is 0.291 e. The largest absolute Gasteiger partial charge is 0.497 e. The summed E-state index contributed by atoms with van der Waals surface area (Å²) in [6, 6.07) is 13.3. The van der Waals surface area contributed by atoms with Crippen LogP contribution in [0.25, 0.3) is 11.3 Å². The predicted octanol–water partition coefficient (Wildman–Crippen LogP) is 2.76. The zero-order valence-electron chi connectivity index (χ0n) is 18.5. The van der Waals surface area contributed by atoms with Gasteiger partial charge in [0.05, 0.1) is 51.7 Å². The first kappa shape index (κ1) is 22.2. The first-order chi connectivity index (χ1) is 16.2. The Morgan fingerprint density at radius 2 is 1.82 bits per heavy atom. The molecule has 0 radical (unpaired) electrons. The Bertz CT molecular complexity index is 1120. The number of amides is 1. The zero-order chi connectivity index (χ0) is 23.0. The summed E-state index contributed by atoms with van der Waals surface area (Å²) >= 11 is 0. The molecule has 1 fully saturated rings. The number of morpholine rings is 1. The van der Waals surface area contributed by atoms with Gasteiger partial charge in [0.2, 0.25) is 0 Å². The molecule has 33 heavy (non-hydrogen) atoms. The standard InChI is InChI=1S/C24H25N5O4/c1-31-18-11-17(12-19(13-18)32-2)14-26-28-24(30)22-16-25-15-21(27-22)20-5-3-4-6-23(20)29-7-9-33-10-8-29/h3-6,11-16H,7-10H2,1-2H3,(H,28,30). The van der Waals surface area contributed by atoms with E-state index in [0.717, 1.165) is 24.3 Å². The van der Waals surface area contributed by atoms with E-state index in [1.165, 1.54) is 12.4 Å². The van der Waals surface area contributed by atoms with Crippen LogP contribution in [0.3, 0.4) is 0 Å². The number of para-hydroxylation sites is 1. The molecule has 170 valence electrons. The number of nitrogens with one attached hydrogen (secondary N) is 1. The van der Waals surface area contributed by atoms with Crippen LogP contribution in [-0.2, 0) is 4.74 Å². The number of rotatable bonds is 7. The average Bonchev–Trinajstić information content (AvgIpc) is 2.89. The fourth-order valence-electron chi connectivity index (χ4n) is 3.50. The van der Waals surface area contributed by atoms with Gasteiger partial charge in [-0.3, -0.25) is 9.78 Å². The van der Waals surface area contributed by atoms with Crippen molar-refractivity contribution in [3.8, 4) is 22.8 Å². The van der Waals surface area contributed by atoms with Crippen molar-refractivity contribution in [2.75, 3.05) is 45.4 Å². The normalized spacial score (nSPS) is 13.7. The van der Waals surface area contributed by atoms with E-state index in [4.69, 9.17) is 14.2 Å². The maximum atomic E-state index is 12.6. The number of carbonyl (C=O) groups excluding carboxylic acids is 1. The van der Waals surface area contributed by atoms with Gasteiger partial charge in [-0.05, 0) is 18.2 Å². The van der Waals surface area contributed by atoms with Crippen molar-refractivity contribution < 1.29 is 19.0 Å². The van der Waals surface area contributed by atoms with Crippen molar-refractivity contribution in [2.24, 2.45) is 5.10 Å². The molecule has 0 saturated carbocycles. The molecular weight excluding hydrogens is 422 g/mol. The lowest BCUT2D eigenvalue weighted by Gasteiger charge is -2.30. The number of hydrazone groups is 1. The van der Waals surface area contributed by atoms with Crippen molar-refractivity contribution in [2.45, 2.75) is 0 Å². The van der Waals surface area contributed by atoms with Gasteiger partial charge in [0.15, 0.2) is 0 Å². The summed E-state index contributed by atoms with van der Waals surface area (Å²) in [4.78, 5) is 23.7. The highest BCUT2D eigenvalue weighted by Gasteiger charge is 2.17. The highest BCUT2D eigenvalue weighted by Crippen LogP contribution is 2.29. The van der Waals surface area contributed by atoms with E-state index in [1.807, 2.05) is 24.3 Å². The molecule has 0 atom stereocenters. The minimum Gasteiger partial charge on any atom is -0.497 e. The molecule has 1 saturated heterocycles. The molecule has 1 N–H and O–H groups in total. The fourth-order valence-corrected chi connectivity index (χ4v) is 3.50. The van der Waals surface area contributed by atoms with Crippen LogP contribution in [0.5, 0.6) is 11.5 Å². The van der Waals surface area contributed by atoms with E-state index in [2.05, 4.69) is 25.4 Å². The van der Waals surface area contributed by atoms with Gasteiger partial charge in [-0.1, -0.05) is 18.2 Å². The summed E-state index contributed by atoms with van der Waals surface area (Å²) in [6.45, 7) is 2.96. The van der Waals surface area contributed by atoms with E-state index in [9.17, 15) is 4.79 Å². The van der Waals surface area contributed by atoms with Crippen molar-refractivity contribution in [1.82, 2.24) is 15.4 Å². The summed E-state index contributed by atoms with van der Waals surface area (Å²) in [6.07, 6.45) is 4.58. The van der Waals surface area contributed by atoms with Gasteiger partial charge in [-0.2, -0.15) is 5.10 Å². The summed E-state index contributed by atoms with van der Waals surface area (Å²) in [5.41, 5.74) is 5.95. The van der Waals surface area contributed by atoms with Gasteiger partial charge in [0.1, 0.15) is 17.2 Å². The Morgan fingerprint density at radius 3 is 2.55 bits per heavy atom. The SMILES string of the molecule is COc1cc(C=NNC(=O)c2cncc(-c3ccccc3N3CCOCC3)n2)cc(OC)c1. The van der Waals surface area contributed by atoms with Crippen LogP contribution in [0.2, 0.25) is 0 Å². The number of benzene rings is 2. The van der Waals surface area contributed by atoms with Gasteiger partial charge in [0.25, 0.3) is 5.91 Å². The summed E-state index contributed by atoms with van der Waals surface area (Å²) < 4.78 is 16.0. The van der Waals surface area contributed by atoms with Crippen LogP contribution in [0.4, 0.5) is 5.69 Å². The van der Waals surface area contributed by atoms with Gasteiger partial charge < -0.3 is 19.1 Å². The summed E-state index contributed by atoms with van der Waals surface area (Å²) in [7, 11) is 3.14. The topological polar surface area (TPSA) is 98.2 Å². The average molecular weight is 447 g/mol. The van der Waals surface area contributed by atoms with Gasteiger partial charge in [-0.25, -0.2) is 10.4 Å². The second-order valence-corrected chi connectivity index (χ2v) is 7.25. The molecule has 2 aromatic carbocycles. The molecule has 1 aliphatic heterocycles. The third-order valence-electron chi connectivity index (χ3n) is 5.15. The lowest BCUT2D eigenvalue weighted by atomic mass is 10.1.